The minimum atomic E-state index is -4.44. The van der Waals surface area contributed by atoms with Gasteiger partial charge in [0.2, 0.25) is 5.88 Å². The second-order valence-corrected chi connectivity index (χ2v) is 6.34. The first kappa shape index (κ1) is 20.2. The zero-order valence-corrected chi connectivity index (χ0v) is 15.7. The Morgan fingerprint density at radius 3 is 2.58 bits per heavy atom. The molecule has 2 heterocycles. The van der Waals surface area contributed by atoms with E-state index in [1.807, 2.05) is 6.92 Å². The number of nitrogens with zero attached hydrogens (tertiary/aromatic N) is 3. The Morgan fingerprint density at radius 1 is 1.31 bits per heavy atom. The van der Waals surface area contributed by atoms with E-state index in [0.29, 0.717) is 16.6 Å². The third-order valence-corrected chi connectivity index (χ3v) is 4.30. The smallest absolute Gasteiger partial charge is 0.417 e. The minimum absolute atomic E-state index is 0.0680. The van der Waals surface area contributed by atoms with Crippen LogP contribution in [0.4, 0.5) is 13.2 Å². The Bertz CT molecular complexity index is 754. The van der Waals surface area contributed by atoms with Crippen molar-refractivity contribution in [1.29, 1.82) is 0 Å². The number of alkyl halides is 3. The molecule has 0 aliphatic carbocycles. The first-order chi connectivity index (χ1) is 12.2. The van der Waals surface area contributed by atoms with E-state index in [9.17, 15) is 18.0 Å². The summed E-state index contributed by atoms with van der Waals surface area (Å²) >= 11 is 3.30. The first-order valence-corrected chi connectivity index (χ1v) is 8.59. The molecule has 5 nitrogen and oxygen atoms in total. The standard InChI is InChI=1S/C17H17BrF3N3O2/c1-3-24(16(25)13-6-7-22-9-14(13)18)11(2)10-26-15-5-4-12(8-23-15)17(19,20)21/h4-9,11H,3,10H2,1-2H3/t11-/m0/s1. The number of pyridine rings is 2. The Hall–Kier alpha value is -2.16. The molecule has 2 aromatic heterocycles. The fourth-order valence-corrected chi connectivity index (χ4v) is 2.71. The Balaban J connectivity index is 2.02. The lowest BCUT2D eigenvalue weighted by Gasteiger charge is -2.28. The van der Waals surface area contributed by atoms with Crippen LogP contribution in [0.3, 0.4) is 0 Å². The summed E-state index contributed by atoms with van der Waals surface area (Å²) in [4.78, 5) is 21.9. The van der Waals surface area contributed by atoms with Gasteiger partial charge in [0.25, 0.3) is 5.91 Å². The number of hydrogen-bond acceptors (Lipinski definition) is 4. The fourth-order valence-electron chi connectivity index (χ4n) is 2.29. The molecule has 9 heteroatoms. The van der Waals surface area contributed by atoms with Gasteiger partial charge in [0.15, 0.2) is 0 Å². The molecule has 0 saturated carbocycles. The summed E-state index contributed by atoms with van der Waals surface area (Å²) in [6, 6.07) is 3.37. The zero-order valence-electron chi connectivity index (χ0n) is 14.1. The van der Waals surface area contributed by atoms with Crippen LogP contribution in [0.25, 0.3) is 0 Å². The Kier molecular flexibility index (Phi) is 6.57. The molecule has 0 bridgehead atoms. The SMILES string of the molecule is CCN(C(=O)c1ccncc1Br)[C@@H](C)COc1ccc(C(F)(F)F)cn1. The predicted molar refractivity (Wildman–Crippen MR) is 92.8 cm³/mol. The van der Waals surface area contributed by atoms with Gasteiger partial charge in [-0.2, -0.15) is 13.2 Å². The van der Waals surface area contributed by atoms with Crippen LogP contribution in [0.15, 0.2) is 41.3 Å². The summed E-state index contributed by atoms with van der Waals surface area (Å²) in [6.45, 7) is 4.17. The molecule has 0 N–H and O–H groups in total. The monoisotopic (exact) mass is 431 g/mol. The van der Waals surface area contributed by atoms with E-state index >= 15 is 0 Å². The molecule has 0 aliphatic rings. The third kappa shape index (κ3) is 4.94. The molecule has 0 saturated heterocycles. The van der Waals surface area contributed by atoms with Crippen molar-refractivity contribution in [1.82, 2.24) is 14.9 Å². The van der Waals surface area contributed by atoms with Gasteiger partial charge in [-0.25, -0.2) is 4.98 Å². The van der Waals surface area contributed by atoms with Crippen LogP contribution in [-0.2, 0) is 6.18 Å². The van der Waals surface area contributed by atoms with E-state index in [4.69, 9.17) is 4.74 Å². The number of halogens is 4. The number of amides is 1. The highest BCUT2D eigenvalue weighted by Gasteiger charge is 2.30. The van der Waals surface area contributed by atoms with Crippen molar-refractivity contribution in [2.45, 2.75) is 26.1 Å². The van der Waals surface area contributed by atoms with Crippen molar-refractivity contribution in [2.75, 3.05) is 13.2 Å². The average molecular weight is 432 g/mol. The van der Waals surface area contributed by atoms with Gasteiger partial charge in [-0.3, -0.25) is 9.78 Å². The highest BCUT2D eigenvalue weighted by Crippen LogP contribution is 2.29. The molecule has 2 rings (SSSR count). The molecule has 0 radical (unpaired) electrons. The molecular formula is C17H17BrF3N3O2. The second kappa shape index (κ2) is 8.48. The van der Waals surface area contributed by atoms with Crippen LogP contribution in [0.1, 0.15) is 29.8 Å². The van der Waals surface area contributed by atoms with Gasteiger partial charge in [-0.05, 0) is 41.9 Å². The third-order valence-electron chi connectivity index (χ3n) is 3.67. The highest BCUT2D eigenvalue weighted by molar-refractivity contribution is 9.10. The minimum Gasteiger partial charge on any atom is -0.475 e. The van der Waals surface area contributed by atoms with Crippen LogP contribution in [0.2, 0.25) is 0 Å². The second-order valence-electron chi connectivity index (χ2n) is 5.49. The first-order valence-electron chi connectivity index (χ1n) is 7.80. The zero-order chi connectivity index (χ0) is 19.3. The molecule has 0 aromatic carbocycles. The molecule has 1 atom stereocenters. The lowest BCUT2D eigenvalue weighted by molar-refractivity contribution is -0.137. The summed E-state index contributed by atoms with van der Waals surface area (Å²) in [5.41, 5.74) is -0.368. The van der Waals surface area contributed by atoms with Crippen LogP contribution in [-0.4, -0.2) is 40.0 Å². The topological polar surface area (TPSA) is 55.3 Å². The van der Waals surface area contributed by atoms with E-state index in [0.717, 1.165) is 18.3 Å². The maximum absolute atomic E-state index is 12.7. The molecule has 26 heavy (non-hydrogen) atoms. The number of ether oxygens (including phenoxy) is 1. The lowest BCUT2D eigenvalue weighted by Crippen LogP contribution is -2.42. The van der Waals surface area contributed by atoms with Crippen LogP contribution in [0, 0.1) is 0 Å². The van der Waals surface area contributed by atoms with E-state index < -0.39 is 11.7 Å². The number of carbonyl (C=O) groups is 1. The average Bonchev–Trinajstić information content (AvgIpc) is 2.60. The Labute approximate surface area is 157 Å². The fraction of sp³-hybridized carbons (Fsp3) is 0.353. The Morgan fingerprint density at radius 2 is 2.04 bits per heavy atom. The van der Waals surface area contributed by atoms with Crippen molar-refractivity contribution in [2.24, 2.45) is 0 Å². The van der Waals surface area contributed by atoms with Crippen molar-refractivity contribution < 1.29 is 22.7 Å². The van der Waals surface area contributed by atoms with Crippen LogP contribution in [0.5, 0.6) is 5.88 Å². The maximum atomic E-state index is 12.7. The molecular weight excluding hydrogens is 415 g/mol. The molecule has 2 aromatic rings. The van der Waals surface area contributed by atoms with Gasteiger partial charge in [0.1, 0.15) is 6.61 Å². The van der Waals surface area contributed by atoms with Crippen molar-refractivity contribution in [3.63, 3.8) is 0 Å². The number of likely N-dealkylation sites (N-methyl/N-ethyl adjacent to an activating group) is 1. The molecule has 0 unspecified atom stereocenters. The summed E-state index contributed by atoms with van der Waals surface area (Å²) < 4.78 is 43.6. The number of carbonyl (C=O) groups excluding carboxylic acids is 1. The normalized spacial score (nSPS) is 12.5. The molecule has 0 spiro atoms. The quantitative estimate of drug-likeness (QED) is 0.687. The van der Waals surface area contributed by atoms with Gasteiger partial charge >= 0.3 is 6.18 Å². The number of hydrogen-bond donors (Lipinski definition) is 0. The van der Waals surface area contributed by atoms with Crippen LogP contribution < -0.4 is 4.74 Å². The summed E-state index contributed by atoms with van der Waals surface area (Å²) in [7, 11) is 0. The predicted octanol–water partition coefficient (Wildman–Crippen LogP) is 4.19. The highest BCUT2D eigenvalue weighted by atomic mass is 79.9. The molecule has 1 amide bonds. The summed E-state index contributed by atoms with van der Waals surface area (Å²) in [5.74, 6) is -0.128. The van der Waals surface area contributed by atoms with Gasteiger partial charge in [-0.15, -0.1) is 0 Å². The number of rotatable bonds is 6. The van der Waals surface area contributed by atoms with Gasteiger partial charge in [0.05, 0.1) is 17.2 Å². The van der Waals surface area contributed by atoms with Crippen LogP contribution >= 0.6 is 15.9 Å². The maximum Gasteiger partial charge on any atom is 0.417 e. The molecule has 0 fully saturated rings. The van der Waals surface area contributed by atoms with Gasteiger partial charge in [-0.1, -0.05) is 0 Å². The molecule has 140 valence electrons. The summed E-state index contributed by atoms with van der Waals surface area (Å²) in [6.07, 6.45) is -0.660. The van der Waals surface area contributed by atoms with E-state index in [1.54, 1.807) is 17.9 Å². The van der Waals surface area contributed by atoms with Gasteiger partial charge in [0, 0.05) is 35.7 Å². The summed E-state index contributed by atoms with van der Waals surface area (Å²) in [5, 5.41) is 0. The van der Waals surface area contributed by atoms with Gasteiger partial charge < -0.3 is 9.64 Å². The van der Waals surface area contributed by atoms with E-state index in [-0.39, 0.29) is 24.4 Å². The van der Waals surface area contributed by atoms with E-state index in [2.05, 4.69) is 25.9 Å². The molecule has 0 aliphatic heterocycles. The van der Waals surface area contributed by atoms with Crippen molar-refractivity contribution >= 4 is 21.8 Å². The largest absolute Gasteiger partial charge is 0.475 e. The van der Waals surface area contributed by atoms with Crippen molar-refractivity contribution in [3.8, 4) is 5.88 Å². The van der Waals surface area contributed by atoms with Crippen molar-refractivity contribution in [3.05, 3.63) is 52.4 Å². The lowest BCUT2D eigenvalue weighted by atomic mass is 10.2. The number of aromatic nitrogens is 2. The van der Waals surface area contributed by atoms with E-state index in [1.165, 1.54) is 12.4 Å².